The minimum Gasteiger partial charge on any atom is -0.376 e. The molecule has 4 atom stereocenters. The summed E-state index contributed by atoms with van der Waals surface area (Å²) in [6.07, 6.45) is 6.73. The van der Waals surface area contributed by atoms with Crippen molar-refractivity contribution in [3.05, 3.63) is 54.1 Å². The van der Waals surface area contributed by atoms with Crippen LogP contribution in [0.15, 0.2) is 47.7 Å². The molecule has 3 aliphatic heterocycles. The molecule has 2 fully saturated rings. The van der Waals surface area contributed by atoms with Crippen molar-refractivity contribution in [2.75, 3.05) is 13.2 Å². The highest BCUT2D eigenvalue weighted by Crippen LogP contribution is 2.47. The molecular formula is C20H24N4OS. The molecular weight excluding hydrogens is 344 g/mol. The molecule has 0 amide bonds. The molecule has 2 saturated heterocycles. The molecule has 6 heteroatoms. The lowest BCUT2D eigenvalue weighted by atomic mass is 10.0. The Morgan fingerprint density at radius 3 is 3.04 bits per heavy atom. The van der Waals surface area contributed by atoms with Gasteiger partial charge in [-0.15, -0.1) is 0 Å². The third kappa shape index (κ3) is 2.85. The van der Waals surface area contributed by atoms with Crippen molar-refractivity contribution in [2.45, 2.75) is 49.7 Å². The normalized spacial score (nSPS) is 30.7. The second kappa shape index (κ2) is 6.74. The summed E-state index contributed by atoms with van der Waals surface area (Å²) in [6.45, 7) is 5.15. The van der Waals surface area contributed by atoms with Crippen molar-refractivity contribution in [2.24, 2.45) is 4.99 Å². The zero-order valence-corrected chi connectivity index (χ0v) is 15.8. The molecule has 0 aliphatic carbocycles. The van der Waals surface area contributed by atoms with E-state index in [0.29, 0.717) is 11.4 Å². The summed E-state index contributed by atoms with van der Waals surface area (Å²) in [6, 6.07) is 10.8. The van der Waals surface area contributed by atoms with Crippen molar-refractivity contribution in [1.29, 1.82) is 0 Å². The van der Waals surface area contributed by atoms with Crippen LogP contribution in [-0.4, -0.2) is 44.1 Å². The molecule has 0 N–H and O–H groups in total. The Labute approximate surface area is 158 Å². The largest absolute Gasteiger partial charge is 0.376 e. The van der Waals surface area contributed by atoms with E-state index in [1.54, 1.807) is 0 Å². The van der Waals surface area contributed by atoms with E-state index in [0.717, 1.165) is 31.8 Å². The highest BCUT2D eigenvalue weighted by Gasteiger charge is 2.44. The van der Waals surface area contributed by atoms with Gasteiger partial charge in [-0.05, 0) is 37.1 Å². The Kier molecular flexibility index (Phi) is 4.25. The van der Waals surface area contributed by atoms with Crippen LogP contribution in [0.4, 0.5) is 0 Å². The first-order valence-electron chi connectivity index (χ1n) is 9.48. The summed E-state index contributed by atoms with van der Waals surface area (Å²) in [5.74, 6) is 0. The number of nitrogens with zero attached hydrogens (tertiary/aromatic N) is 4. The van der Waals surface area contributed by atoms with Gasteiger partial charge in [-0.25, -0.2) is 0 Å². The van der Waals surface area contributed by atoms with Gasteiger partial charge in [-0.1, -0.05) is 24.8 Å². The highest BCUT2D eigenvalue weighted by molar-refractivity contribution is 8.14. The van der Waals surface area contributed by atoms with Crippen molar-refractivity contribution in [1.82, 2.24) is 14.5 Å². The maximum Gasteiger partial charge on any atom is 0.160 e. The van der Waals surface area contributed by atoms with E-state index in [1.165, 1.54) is 17.3 Å². The molecule has 4 unspecified atom stereocenters. The maximum atomic E-state index is 5.88. The van der Waals surface area contributed by atoms with Gasteiger partial charge in [0, 0.05) is 43.0 Å². The van der Waals surface area contributed by atoms with Crippen LogP contribution in [0.3, 0.4) is 0 Å². The minimum atomic E-state index is 0.0596. The fraction of sp³-hybridized carbons (Fsp3) is 0.500. The zero-order chi connectivity index (χ0) is 17.5. The number of ether oxygens (including phenoxy) is 1. The molecule has 2 aromatic heterocycles. The summed E-state index contributed by atoms with van der Waals surface area (Å²) in [4.78, 5) is 12.2. The van der Waals surface area contributed by atoms with Crippen LogP contribution in [0, 0.1) is 0 Å². The van der Waals surface area contributed by atoms with Crippen molar-refractivity contribution < 1.29 is 4.74 Å². The summed E-state index contributed by atoms with van der Waals surface area (Å²) in [5, 5.41) is 1.76. The molecule has 2 aromatic rings. The molecule has 3 aliphatic rings. The number of aliphatic imine (C=N–C) groups is 1. The Morgan fingerprint density at radius 1 is 1.27 bits per heavy atom. The number of pyridine rings is 1. The zero-order valence-electron chi connectivity index (χ0n) is 15.0. The molecule has 0 aromatic carbocycles. The van der Waals surface area contributed by atoms with Gasteiger partial charge in [0.25, 0.3) is 0 Å². The van der Waals surface area contributed by atoms with Crippen LogP contribution in [0.2, 0.25) is 0 Å². The van der Waals surface area contributed by atoms with E-state index in [4.69, 9.17) is 9.73 Å². The fourth-order valence-corrected chi connectivity index (χ4v) is 5.40. The average molecular weight is 369 g/mol. The summed E-state index contributed by atoms with van der Waals surface area (Å²) < 4.78 is 8.26. The van der Waals surface area contributed by atoms with Gasteiger partial charge in [0.05, 0.1) is 17.8 Å². The van der Waals surface area contributed by atoms with Gasteiger partial charge in [0.2, 0.25) is 0 Å². The number of hydrogen-bond acceptors (Lipinski definition) is 5. The number of hydrogen-bond donors (Lipinski definition) is 0. The lowest BCUT2D eigenvalue weighted by molar-refractivity contribution is 0.0953. The number of thioether (sulfide) groups is 1. The van der Waals surface area contributed by atoms with Crippen LogP contribution in [0.1, 0.15) is 43.2 Å². The number of rotatable bonds is 4. The van der Waals surface area contributed by atoms with Gasteiger partial charge < -0.3 is 14.2 Å². The van der Waals surface area contributed by atoms with Crippen LogP contribution < -0.4 is 0 Å². The quantitative estimate of drug-likeness (QED) is 0.826. The number of aromatic nitrogens is 2. The molecule has 5 heterocycles. The third-order valence-electron chi connectivity index (χ3n) is 5.47. The van der Waals surface area contributed by atoms with Crippen LogP contribution >= 0.6 is 11.8 Å². The standard InChI is InChI=1S/C20H24N4OS/c1-14-12-24-19(17-8-4-10-23(17)13-15-6-5-11-25-15)18(22-20(24)26-14)16-7-2-3-9-21-16/h2-4,7-10,14-15,18-19H,5-6,11-13H2,1H3. The molecule has 136 valence electrons. The second-order valence-corrected chi connectivity index (χ2v) is 8.76. The van der Waals surface area contributed by atoms with E-state index >= 15 is 0 Å². The summed E-state index contributed by atoms with van der Waals surface area (Å²) in [5.41, 5.74) is 2.38. The first kappa shape index (κ1) is 16.4. The maximum absolute atomic E-state index is 5.88. The minimum absolute atomic E-state index is 0.0596. The molecule has 0 saturated carbocycles. The predicted molar refractivity (Wildman–Crippen MR) is 104 cm³/mol. The molecule has 0 radical (unpaired) electrons. The number of fused-ring (bicyclic) bond motifs is 1. The number of amidine groups is 1. The molecule has 0 spiro atoms. The van der Waals surface area contributed by atoms with E-state index in [1.807, 2.05) is 24.0 Å². The molecule has 5 rings (SSSR count). The lowest BCUT2D eigenvalue weighted by Crippen LogP contribution is -2.31. The van der Waals surface area contributed by atoms with E-state index in [9.17, 15) is 0 Å². The second-order valence-electron chi connectivity index (χ2n) is 7.36. The molecule has 0 bridgehead atoms. The molecule has 26 heavy (non-hydrogen) atoms. The Hall–Kier alpha value is -1.79. The van der Waals surface area contributed by atoms with E-state index in [-0.39, 0.29) is 12.1 Å². The predicted octanol–water partition coefficient (Wildman–Crippen LogP) is 3.65. The smallest absolute Gasteiger partial charge is 0.160 e. The monoisotopic (exact) mass is 368 g/mol. The lowest BCUT2D eigenvalue weighted by Gasteiger charge is -2.28. The van der Waals surface area contributed by atoms with Crippen molar-refractivity contribution in [3.8, 4) is 0 Å². The van der Waals surface area contributed by atoms with Gasteiger partial charge in [-0.3, -0.25) is 9.98 Å². The van der Waals surface area contributed by atoms with Gasteiger partial charge in [-0.2, -0.15) is 0 Å². The Bertz CT molecular complexity index is 799. The van der Waals surface area contributed by atoms with Crippen LogP contribution in [0.5, 0.6) is 0 Å². The SMILES string of the molecule is CC1CN2C(=NC(c3ccccn3)C2c2cccn2CC2CCCO2)S1. The Balaban J connectivity index is 1.50. The first-order chi connectivity index (χ1) is 12.8. The van der Waals surface area contributed by atoms with Gasteiger partial charge >= 0.3 is 0 Å². The fourth-order valence-electron chi connectivity index (χ4n) is 4.31. The van der Waals surface area contributed by atoms with Gasteiger partial charge in [0.15, 0.2) is 5.17 Å². The summed E-state index contributed by atoms with van der Waals surface area (Å²) >= 11 is 1.89. The van der Waals surface area contributed by atoms with Crippen LogP contribution in [0.25, 0.3) is 0 Å². The topological polar surface area (TPSA) is 42.7 Å². The van der Waals surface area contributed by atoms with Crippen molar-refractivity contribution in [3.63, 3.8) is 0 Å². The highest BCUT2D eigenvalue weighted by atomic mass is 32.2. The Morgan fingerprint density at radius 2 is 2.23 bits per heavy atom. The molecule has 5 nitrogen and oxygen atoms in total. The van der Waals surface area contributed by atoms with Gasteiger partial charge in [0.1, 0.15) is 6.04 Å². The van der Waals surface area contributed by atoms with Crippen molar-refractivity contribution >= 4 is 16.9 Å². The van der Waals surface area contributed by atoms with E-state index < -0.39 is 0 Å². The average Bonchev–Trinajstić information content (AvgIpc) is 3.41. The first-order valence-corrected chi connectivity index (χ1v) is 10.4. The third-order valence-corrected chi connectivity index (χ3v) is 6.58. The summed E-state index contributed by atoms with van der Waals surface area (Å²) in [7, 11) is 0. The van der Waals surface area contributed by atoms with Crippen LogP contribution in [-0.2, 0) is 11.3 Å². The van der Waals surface area contributed by atoms with E-state index in [2.05, 4.69) is 51.8 Å².